The molecule has 1 aromatic carbocycles. The number of nitrogens with one attached hydrogen (secondary N) is 1. The quantitative estimate of drug-likeness (QED) is 0.907. The molecule has 2 aliphatic rings. The van der Waals surface area contributed by atoms with E-state index in [4.69, 9.17) is 4.74 Å². The summed E-state index contributed by atoms with van der Waals surface area (Å²) in [5.74, 6) is 1.74. The highest BCUT2D eigenvalue weighted by atomic mass is 19.1. The van der Waals surface area contributed by atoms with E-state index in [-0.39, 0.29) is 5.82 Å². The Bertz CT molecular complexity index is 757. The molecule has 3 heterocycles. The highest BCUT2D eigenvalue weighted by Crippen LogP contribution is 2.28. The second-order valence-corrected chi connectivity index (χ2v) is 6.71. The molecule has 26 heavy (non-hydrogen) atoms. The van der Waals surface area contributed by atoms with Crippen LogP contribution in [0.3, 0.4) is 0 Å². The molecular weight excluding hydrogens is 333 g/mol. The Morgan fingerprint density at radius 3 is 2.58 bits per heavy atom. The van der Waals surface area contributed by atoms with E-state index < -0.39 is 0 Å². The van der Waals surface area contributed by atoms with Gasteiger partial charge in [0.1, 0.15) is 11.6 Å². The Hall–Kier alpha value is -2.41. The van der Waals surface area contributed by atoms with Gasteiger partial charge < -0.3 is 19.9 Å². The lowest BCUT2D eigenvalue weighted by molar-refractivity contribution is 0.193. The third-order valence-electron chi connectivity index (χ3n) is 5.10. The zero-order valence-corrected chi connectivity index (χ0v) is 15.0. The number of hydrogen-bond donors (Lipinski definition) is 1. The van der Waals surface area contributed by atoms with Crippen molar-refractivity contribution in [3.05, 3.63) is 41.8 Å². The average molecular weight is 357 g/mol. The number of hydrogen-bond acceptors (Lipinski definition) is 6. The monoisotopic (exact) mass is 357 g/mol. The highest BCUT2D eigenvalue weighted by molar-refractivity contribution is 5.51. The first kappa shape index (κ1) is 17.0. The maximum absolute atomic E-state index is 14.0. The molecule has 0 saturated carbocycles. The molecule has 0 aliphatic carbocycles. The van der Waals surface area contributed by atoms with E-state index in [1.807, 2.05) is 19.2 Å². The number of piperazine rings is 1. The van der Waals surface area contributed by atoms with Crippen molar-refractivity contribution in [2.24, 2.45) is 0 Å². The molecule has 0 amide bonds. The van der Waals surface area contributed by atoms with Crippen LogP contribution in [0.15, 0.2) is 30.3 Å². The minimum atomic E-state index is -0.163. The lowest BCUT2D eigenvalue weighted by Gasteiger charge is -2.37. The van der Waals surface area contributed by atoms with Gasteiger partial charge in [0, 0.05) is 51.8 Å². The van der Waals surface area contributed by atoms with E-state index in [2.05, 4.69) is 31.2 Å². The zero-order valence-electron chi connectivity index (χ0n) is 15.0. The summed E-state index contributed by atoms with van der Waals surface area (Å²) >= 11 is 0. The molecule has 2 saturated heterocycles. The molecule has 1 unspecified atom stereocenters. The summed E-state index contributed by atoms with van der Waals surface area (Å²) in [5.41, 5.74) is 1.71. The lowest BCUT2D eigenvalue weighted by Crippen LogP contribution is -2.47. The van der Waals surface area contributed by atoms with Crippen LogP contribution in [-0.2, 0) is 4.74 Å². The first-order chi connectivity index (χ1) is 12.7. The van der Waals surface area contributed by atoms with Crippen molar-refractivity contribution in [1.82, 2.24) is 9.97 Å². The maximum Gasteiger partial charge on any atom is 0.224 e. The number of anilines is 3. The molecule has 1 atom stereocenters. The molecule has 1 N–H and O–H groups in total. The van der Waals surface area contributed by atoms with Gasteiger partial charge in [0.05, 0.1) is 18.0 Å². The van der Waals surface area contributed by atoms with Crippen LogP contribution in [0.5, 0.6) is 0 Å². The van der Waals surface area contributed by atoms with Crippen LogP contribution in [0.2, 0.25) is 0 Å². The molecule has 1 aromatic heterocycles. The SMILES string of the molecule is CNc1nc(C2CCOC2)cc(N2CCN(c3ccccc3F)CC2)n1. The number of rotatable bonds is 4. The summed E-state index contributed by atoms with van der Waals surface area (Å²) in [4.78, 5) is 13.6. The molecule has 2 fully saturated rings. The first-order valence-electron chi connectivity index (χ1n) is 9.13. The first-order valence-corrected chi connectivity index (χ1v) is 9.13. The largest absolute Gasteiger partial charge is 0.381 e. The van der Waals surface area contributed by atoms with Gasteiger partial charge in [-0.3, -0.25) is 0 Å². The van der Waals surface area contributed by atoms with Gasteiger partial charge in [-0.1, -0.05) is 12.1 Å². The van der Waals surface area contributed by atoms with Gasteiger partial charge in [-0.25, -0.2) is 9.37 Å². The topological polar surface area (TPSA) is 53.5 Å². The van der Waals surface area contributed by atoms with Gasteiger partial charge in [-0.2, -0.15) is 4.98 Å². The van der Waals surface area contributed by atoms with Crippen molar-refractivity contribution in [3.63, 3.8) is 0 Å². The van der Waals surface area contributed by atoms with E-state index in [0.717, 1.165) is 57.3 Å². The summed E-state index contributed by atoms with van der Waals surface area (Å²) in [5, 5.41) is 3.06. The summed E-state index contributed by atoms with van der Waals surface area (Å²) in [6, 6.07) is 9.04. The standard InChI is InChI=1S/C19H24FN5O/c1-21-19-22-16(14-6-11-26-13-14)12-18(23-19)25-9-7-24(8-10-25)17-5-3-2-4-15(17)20/h2-5,12,14H,6-11,13H2,1H3,(H,21,22,23). The molecular formula is C19H24FN5O. The molecule has 6 nitrogen and oxygen atoms in total. The van der Waals surface area contributed by atoms with Crippen LogP contribution in [0.25, 0.3) is 0 Å². The van der Waals surface area contributed by atoms with Crippen molar-refractivity contribution in [2.45, 2.75) is 12.3 Å². The number of para-hydroxylation sites is 1. The Kier molecular flexibility index (Phi) is 4.88. The number of ether oxygens (including phenoxy) is 1. The predicted octanol–water partition coefficient (Wildman–Crippen LogP) is 2.49. The highest BCUT2D eigenvalue weighted by Gasteiger charge is 2.24. The maximum atomic E-state index is 14.0. The van der Waals surface area contributed by atoms with Crippen LogP contribution in [0, 0.1) is 5.82 Å². The third-order valence-corrected chi connectivity index (χ3v) is 5.10. The Labute approximate surface area is 153 Å². The van der Waals surface area contributed by atoms with Crippen LogP contribution < -0.4 is 15.1 Å². The fraction of sp³-hybridized carbons (Fsp3) is 0.474. The van der Waals surface area contributed by atoms with Crippen molar-refractivity contribution < 1.29 is 9.13 Å². The van der Waals surface area contributed by atoms with Gasteiger partial charge in [-0.05, 0) is 18.6 Å². The molecule has 0 spiro atoms. The summed E-state index contributed by atoms with van der Waals surface area (Å²) in [7, 11) is 1.84. The Balaban J connectivity index is 1.50. The molecule has 7 heteroatoms. The van der Waals surface area contributed by atoms with Gasteiger partial charge >= 0.3 is 0 Å². The number of aromatic nitrogens is 2. The van der Waals surface area contributed by atoms with Gasteiger partial charge in [0.25, 0.3) is 0 Å². The minimum absolute atomic E-state index is 0.163. The van der Waals surface area contributed by atoms with Crippen molar-refractivity contribution in [2.75, 3.05) is 61.6 Å². The average Bonchev–Trinajstić information content (AvgIpc) is 3.23. The summed E-state index contributed by atoms with van der Waals surface area (Å²) in [6.45, 7) is 4.65. The Morgan fingerprint density at radius 1 is 1.12 bits per heavy atom. The second-order valence-electron chi connectivity index (χ2n) is 6.71. The van der Waals surface area contributed by atoms with Crippen molar-refractivity contribution >= 4 is 17.5 Å². The van der Waals surface area contributed by atoms with Crippen molar-refractivity contribution in [1.29, 1.82) is 0 Å². The van der Waals surface area contributed by atoms with Crippen LogP contribution >= 0.6 is 0 Å². The van der Waals surface area contributed by atoms with Gasteiger partial charge in [-0.15, -0.1) is 0 Å². The summed E-state index contributed by atoms with van der Waals surface area (Å²) in [6.07, 6.45) is 1.00. The van der Waals surface area contributed by atoms with Crippen LogP contribution in [0.1, 0.15) is 18.0 Å². The minimum Gasteiger partial charge on any atom is -0.381 e. The van der Waals surface area contributed by atoms with Gasteiger partial charge in [0.15, 0.2) is 0 Å². The normalized spacial score (nSPS) is 20.5. The molecule has 2 aliphatic heterocycles. The van der Waals surface area contributed by atoms with E-state index in [1.165, 1.54) is 6.07 Å². The fourth-order valence-corrected chi connectivity index (χ4v) is 3.59. The van der Waals surface area contributed by atoms with Gasteiger partial charge in [0.2, 0.25) is 5.95 Å². The predicted molar refractivity (Wildman–Crippen MR) is 101 cm³/mol. The van der Waals surface area contributed by atoms with E-state index >= 15 is 0 Å². The number of benzene rings is 1. The van der Waals surface area contributed by atoms with Crippen molar-refractivity contribution in [3.8, 4) is 0 Å². The zero-order chi connectivity index (χ0) is 17.9. The molecule has 4 rings (SSSR count). The van der Waals surface area contributed by atoms with E-state index in [1.54, 1.807) is 6.07 Å². The van der Waals surface area contributed by atoms with Crippen LogP contribution in [0.4, 0.5) is 21.8 Å². The third kappa shape index (κ3) is 3.44. The summed E-state index contributed by atoms with van der Waals surface area (Å²) < 4.78 is 19.5. The number of nitrogens with zero attached hydrogens (tertiary/aromatic N) is 4. The van der Waals surface area contributed by atoms with E-state index in [0.29, 0.717) is 17.6 Å². The lowest BCUT2D eigenvalue weighted by atomic mass is 10.0. The molecule has 0 bridgehead atoms. The smallest absolute Gasteiger partial charge is 0.224 e. The fourth-order valence-electron chi connectivity index (χ4n) is 3.59. The van der Waals surface area contributed by atoms with Crippen LogP contribution in [-0.4, -0.2) is 56.4 Å². The molecule has 2 aromatic rings. The Morgan fingerprint density at radius 2 is 1.88 bits per heavy atom. The van der Waals surface area contributed by atoms with E-state index in [9.17, 15) is 4.39 Å². The second kappa shape index (κ2) is 7.45. The number of halogens is 1. The molecule has 138 valence electrons. The molecule has 0 radical (unpaired) electrons.